The van der Waals surface area contributed by atoms with Crippen molar-refractivity contribution in [3.8, 4) is 5.75 Å². The van der Waals surface area contributed by atoms with Crippen molar-refractivity contribution in [1.82, 2.24) is 0 Å². The van der Waals surface area contributed by atoms with Gasteiger partial charge >= 0.3 is 5.97 Å². The van der Waals surface area contributed by atoms with E-state index in [1.165, 1.54) is 12.1 Å². The van der Waals surface area contributed by atoms with Gasteiger partial charge in [0.15, 0.2) is 0 Å². The van der Waals surface area contributed by atoms with Crippen molar-refractivity contribution in [2.75, 3.05) is 19.8 Å². The summed E-state index contributed by atoms with van der Waals surface area (Å²) in [4.78, 5) is 10.6. The molecule has 4 nitrogen and oxygen atoms in total. The van der Waals surface area contributed by atoms with Gasteiger partial charge in [0.2, 0.25) is 0 Å². The number of rotatable bonds is 9. The van der Waals surface area contributed by atoms with E-state index in [0.717, 1.165) is 12.8 Å². The molecule has 18 heavy (non-hydrogen) atoms. The second-order valence-corrected chi connectivity index (χ2v) is 3.72. The molecule has 0 unspecified atom stereocenters. The molecule has 1 aromatic carbocycles. The monoisotopic (exact) mass is 250 g/mol. The molecule has 0 atom stereocenters. The number of carbonyl (C=O) groups is 1. The predicted molar refractivity (Wildman–Crippen MR) is 69.1 cm³/mol. The summed E-state index contributed by atoms with van der Waals surface area (Å²) in [5.74, 6) is -0.290. The number of unbranched alkanes of at least 4 members (excludes halogenated alkanes) is 1. The molecule has 4 heteroatoms. The summed E-state index contributed by atoms with van der Waals surface area (Å²) in [6.07, 6.45) is 3.79. The number of carboxylic acids is 1. The van der Waals surface area contributed by atoms with E-state index in [0.29, 0.717) is 25.6 Å². The Bertz CT molecular complexity index is 370. The van der Waals surface area contributed by atoms with Crippen molar-refractivity contribution >= 4 is 5.97 Å². The van der Waals surface area contributed by atoms with Crippen LogP contribution in [0.15, 0.2) is 36.9 Å². The van der Waals surface area contributed by atoms with E-state index in [1.807, 2.05) is 6.08 Å². The highest BCUT2D eigenvalue weighted by molar-refractivity contribution is 5.87. The number of aromatic carboxylic acids is 1. The third kappa shape index (κ3) is 5.50. The number of allylic oxidation sites excluding steroid dienone is 1. The first-order valence-electron chi connectivity index (χ1n) is 5.89. The van der Waals surface area contributed by atoms with Crippen LogP contribution in [0.4, 0.5) is 0 Å². The SMILES string of the molecule is C=CCCCOCCOc1ccc(C(=O)O)cc1. The fourth-order valence-corrected chi connectivity index (χ4v) is 1.34. The van der Waals surface area contributed by atoms with Crippen LogP contribution in [-0.2, 0) is 4.74 Å². The number of hydrogen-bond acceptors (Lipinski definition) is 3. The summed E-state index contributed by atoms with van der Waals surface area (Å²) in [6.45, 7) is 5.32. The quantitative estimate of drug-likeness (QED) is 0.541. The Morgan fingerprint density at radius 2 is 1.94 bits per heavy atom. The van der Waals surface area contributed by atoms with E-state index in [-0.39, 0.29) is 5.56 Å². The Labute approximate surface area is 107 Å². The molecular formula is C14H18O4. The Kier molecular flexibility index (Phi) is 6.58. The van der Waals surface area contributed by atoms with E-state index >= 15 is 0 Å². The van der Waals surface area contributed by atoms with Gasteiger partial charge in [-0.2, -0.15) is 0 Å². The first-order chi connectivity index (χ1) is 8.74. The number of hydrogen-bond donors (Lipinski definition) is 1. The highest BCUT2D eigenvalue weighted by Crippen LogP contribution is 2.11. The van der Waals surface area contributed by atoms with Crippen LogP contribution in [0, 0.1) is 0 Å². The van der Waals surface area contributed by atoms with Gasteiger partial charge in [-0.1, -0.05) is 6.08 Å². The highest BCUT2D eigenvalue weighted by atomic mass is 16.5. The minimum Gasteiger partial charge on any atom is -0.491 e. The van der Waals surface area contributed by atoms with Gasteiger partial charge in [0.25, 0.3) is 0 Å². The molecule has 1 N–H and O–H groups in total. The summed E-state index contributed by atoms with van der Waals surface area (Å²) >= 11 is 0. The third-order valence-corrected chi connectivity index (χ3v) is 2.29. The Hall–Kier alpha value is -1.81. The lowest BCUT2D eigenvalue weighted by molar-refractivity contribution is 0.0696. The normalized spacial score (nSPS) is 10.0. The summed E-state index contributed by atoms with van der Waals surface area (Å²) in [7, 11) is 0. The van der Waals surface area contributed by atoms with Crippen LogP contribution in [0.2, 0.25) is 0 Å². The number of benzene rings is 1. The summed E-state index contributed by atoms with van der Waals surface area (Å²) in [5, 5.41) is 8.72. The zero-order valence-corrected chi connectivity index (χ0v) is 10.3. The van der Waals surface area contributed by atoms with Gasteiger partial charge in [0, 0.05) is 6.61 Å². The van der Waals surface area contributed by atoms with Gasteiger partial charge < -0.3 is 14.6 Å². The van der Waals surface area contributed by atoms with E-state index in [4.69, 9.17) is 14.6 Å². The van der Waals surface area contributed by atoms with E-state index in [1.54, 1.807) is 12.1 Å². The van der Waals surface area contributed by atoms with Gasteiger partial charge in [-0.3, -0.25) is 0 Å². The Morgan fingerprint density at radius 3 is 2.56 bits per heavy atom. The van der Waals surface area contributed by atoms with Gasteiger partial charge in [-0.15, -0.1) is 6.58 Å². The molecule has 0 radical (unpaired) electrons. The molecule has 0 aromatic heterocycles. The zero-order chi connectivity index (χ0) is 13.2. The smallest absolute Gasteiger partial charge is 0.335 e. The van der Waals surface area contributed by atoms with Crippen LogP contribution in [-0.4, -0.2) is 30.9 Å². The van der Waals surface area contributed by atoms with Gasteiger partial charge in [-0.25, -0.2) is 4.79 Å². The molecule has 1 aromatic rings. The summed E-state index contributed by atoms with van der Waals surface area (Å²) in [6, 6.07) is 6.31. The lowest BCUT2D eigenvalue weighted by Crippen LogP contribution is -2.07. The Balaban J connectivity index is 2.15. The molecule has 98 valence electrons. The topological polar surface area (TPSA) is 55.8 Å². The summed E-state index contributed by atoms with van der Waals surface area (Å²) < 4.78 is 10.8. The largest absolute Gasteiger partial charge is 0.491 e. The lowest BCUT2D eigenvalue weighted by Gasteiger charge is -2.07. The third-order valence-electron chi connectivity index (χ3n) is 2.29. The van der Waals surface area contributed by atoms with Crippen molar-refractivity contribution in [1.29, 1.82) is 0 Å². The van der Waals surface area contributed by atoms with Crippen LogP contribution >= 0.6 is 0 Å². The molecule has 0 fully saturated rings. The second-order valence-electron chi connectivity index (χ2n) is 3.72. The lowest BCUT2D eigenvalue weighted by atomic mass is 10.2. The highest BCUT2D eigenvalue weighted by Gasteiger charge is 2.01. The molecule has 0 aliphatic rings. The average Bonchev–Trinajstić information content (AvgIpc) is 2.38. The zero-order valence-electron chi connectivity index (χ0n) is 10.3. The summed E-state index contributed by atoms with van der Waals surface area (Å²) in [5.41, 5.74) is 0.253. The standard InChI is InChI=1S/C14H18O4/c1-2-3-4-9-17-10-11-18-13-7-5-12(6-8-13)14(15)16/h2,5-8H,1,3-4,9-11H2,(H,15,16). The maximum absolute atomic E-state index is 10.6. The molecule has 0 amide bonds. The molecule has 0 aliphatic heterocycles. The van der Waals surface area contributed by atoms with Crippen LogP contribution in [0.5, 0.6) is 5.75 Å². The van der Waals surface area contributed by atoms with Gasteiger partial charge in [0.05, 0.1) is 12.2 Å². The number of carboxylic acid groups (broad SMARTS) is 1. The van der Waals surface area contributed by atoms with E-state index in [9.17, 15) is 4.79 Å². The Morgan fingerprint density at radius 1 is 1.22 bits per heavy atom. The van der Waals surface area contributed by atoms with Gasteiger partial charge in [-0.05, 0) is 37.1 Å². The van der Waals surface area contributed by atoms with Crippen LogP contribution in [0.1, 0.15) is 23.2 Å². The predicted octanol–water partition coefficient (Wildman–Crippen LogP) is 2.75. The fraction of sp³-hybridized carbons (Fsp3) is 0.357. The molecule has 0 heterocycles. The minimum atomic E-state index is -0.938. The van der Waals surface area contributed by atoms with Crippen molar-refractivity contribution in [3.63, 3.8) is 0 Å². The number of ether oxygens (including phenoxy) is 2. The van der Waals surface area contributed by atoms with Crippen molar-refractivity contribution < 1.29 is 19.4 Å². The second kappa shape index (κ2) is 8.31. The molecule has 0 saturated carbocycles. The molecule has 0 spiro atoms. The molecule has 0 aliphatic carbocycles. The average molecular weight is 250 g/mol. The first kappa shape index (κ1) is 14.3. The van der Waals surface area contributed by atoms with Crippen LogP contribution in [0.25, 0.3) is 0 Å². The molecule has 0 saturated heterocycles. The molecule has 1 rings (SSSR count). The molecular weight excluding hydrogens is 232 g/mol. The first-order valence-corrected chi connectivity index (χ1v) is 5.89. The molecule has 0 bridgehead atoms. The maximum atomic E-state index is 10.6. The van der Waals surface area contributed by atoms with Crippen molar-refractivity contribution in [2.24, 2.45) is 0 Å². The van der Waals surface area contributed by atoms with E-state index in [2.05, 4.69) is 6.58 Å². The van der Waals surface area contributed by atoms with Crippen molar-refractivity contribution in [2.45, 2.75) is 12.8 Å². The van der Waals surface area contributed by atoms with Crippen LogP contribution < -0.4 is 4.74 Å². The minimum absolute atomic E-state index is 0.253. The van der Waals surface area contributed by atoms with Gasteiger partial charge in [0.1, 0.15) is 12.4 Å². The maximum Gasteiger partial charge on any atom is 0.335 e. The van der Waals surface area contributed by atoms with Crippen LogP contribution in [0.3, 0.4) is 0 Å². The fourth-order valence-electron chi connectivity index (χ4n) is 1.34. The van der Waals surface area contributed by atoms with Crippen molar-refractivity contribution in [3.05, 3.63) is 42.5 Å². The van der Waals surface area contributed by atoms with E-state index < -0.39 is 5.97 Å².